The van der Waals surface area contributed by atoms with Crippen LogP contribution in [0.15, 0.2) is 89.4 Å². The van der Waals surface area contributed by atoms with Crippen LogP contribution >= 0.6 is 0 Å². The summed E-state index contributed by atoms with van der Waals surface area (Å²) < 4.78 is 17.3. The number of oxazole rings is 1. The molecule has 1 aromatic heterocycles. The van der Waals surface area contributed by atoms with Crippen LogP contribution in [0.25, 0.3) is 28.2 Å². The van der Waals surface area contributed by atoms with Crippen molar-refractivity contribution >= 4 is 11.5 Å². The Balaban J connectivity index is 1.44. The van der Waals surface area contributed by atoms with Gasteiger partial charge in [-0.05, 0) is 68.7 Å². The lowest BCUT2D eigenvalue weighted by Crippen LogP contribution is -2.15. The molecule has 38 heavy (non-hydrogen) atoms. The Labute approximate surface area is 224 Å². The normalized spacial score (nSPS) is 15.1. The van der Waals surface area contributed by atoms with Crippen LogP contribution < -0.4 is 4.74 Å². The van der Waals surface area contributed by atoms with Crippen molar-refractivity contribution in [3.8, 4) is 28.3 Å². The highest BCUT2D eigenvalue weighted by molar-refractivity contribution is 5.79. The minimum Gasteiger partial charge on any atom is -0.482 e. The summed E-state index contributed by atoms with van der Waals surface area (Å²) in [6, 6.07) is 26.4. The molecule has 0 fully saturated rings. The molecule has 0 aliphatic heterocycles. The van der Waals surface area contributed by atoms with Gasteiger partial charge in [-0.2, -0.15) is 0 Å². The second kappa shape index (κ2) is 12.0. The number of hydrogen-bond acceptors (Lipinski definition) is 5. The zero-order valence-corrected chi connectivity index (χ0v) is 22.0. The van der Waals surface area contributed by atoms with Crippen molar-refractivity contribution in [3.63, 3.8) is 0 Å². The summed E-state index contributed by atoms with van der Waals surface area (Å²) in [7, 11) is 0. The van der Waals surface area contributed by atoms with Gasteiger partial charge in [0.15, 0.2) is 12.4 Å². The number of aryl methyl sites for hydroxylation is 1. The van der Waals surface area contributed by atoms with E-state index in [1.54, 1.807) is 6.92 Å². The molecule has 194 valence electrons. The van der Waals surface area contributed by atoms with E-state index in [4.69, 9.17) is 18.9 Å². The van der Waals surface area contributed by atoms with Gasteiger partial charge in [0.2, 0.25) is 5.89 Å². The van der Waals surface area contributed by atoms with E-state index in [0.29, 0.717) is 18.2 Å². The molecule has 4 aromatic rings. The average Bonchev–Trinajstić information content (AvgIpc) is 3.40. The molecule has 0 saturated heterocycles. The van der Waals surface area contributed by atoms with Gasteiger partial charge in [-0.1, -0.05) is 72.8 Å². The Kier molecular flexibility index (Phi) is 8.03. The van der Waals surface area contributed by atoms with E-state index < -0.39 is 0 Å². The maximum absolute atomic E-state index is 11.7. The lowest BCUT2D eigenvalue weighted by Gasteiger charge is -2.23. The lowest BCUT2D eigenvalue weighted by atomic mass is 9.82. The van der Waals surface area contributed by atoms with E-state index in [-0.39, 0.29) is 18.5 Å². The van der Waals surface area contributed by atoms with E-state index in [0.717, 1.165) is 53.8 Å². The third kappa shape index (κ3) is 5.88. The molecule has 0 bridgehead atoms. The number of benzene rings is 3. The molecule has 0 radical (unpaired) electrons. The number of rotatable bonds is 9. The summed E-state index contributed by atoms with van der Waals surface area (Å²) in [4.78, 5) is 16.8. The summed E-state index contributed by atoms with van der Waals surface area (Å²) in [6.07, 6.45) is 6.34. The smallest absolute Gasteiger partial charge is 0.344 e. The van der Waals surface area contributed by atoms with Crippen molar-refractivity contribution in [3.05, 3.63) is 102 Å². The highest BCUT2D eigenvalue weighted by Gasteiger charge is 2.26. The van der Waals surface area contributed by atoms with Gasteiger partial charge in [0, 0.05) is 16.7 Å². The predicted octanol–water partition coefficient (Wildman–Crippen LogP) is 7.69. The Bertz CT molecular complexity index is 1350. The van der Waals surface area contributed by atoms with Gasteiger partial charge >= 0.3 is 5.97 Å². The van der Waals surface area contributed by atoms with Gasteiger partial charge in [0.05, 0.1) is 6.61 Å². The standard InChI is InChI=1S/C33H33NO4/c1-3-36-30(35)22-37-28-19-18-23(2)27(21-28)20-26-16-10-11-17-29(26)33-34-31(24-12-6-4-7-13-24)32(38-33)25-14-8-5-9-15-25/h4-9,12-15,17-19,21,26H,3,10-11,16,20,22H2,1-2H3. The predicted molar refractivity (Wildman–Crippen MR) is 150 cm³/mol. The second-order valence-electron chi connectivity index (χ2n) is 9.60. The maximum atomic E-state index is 11.7. The summed E-state index contributed by atoms with van der Waals surface area (Å²) >= 11 is 0. The molecule has 0 amide bonds. The number of allylic oxidation sites excluding steroid dienone is 2. The Hall–Kier alpha value is -4.12. The molecule has 3 aromatic carbocycles. The van der Waals surface area contributed by atoms with E-state index in [9.17, 15) is 4.79 Å². The minimum absolute atomic E-state index is 0.0915. The topological polar surface area (TPSA) is 61.6 Å². The highest BCUT2D eigenvalue weighted by Crippen LogP contribution is 2.40. The molecule has 0 saturated carbocycles. The van der Waals surface area contributed by atoms with E-state index >= 15 is 0 Å². The Morgan fingerprint density at radius 1 is 1.00 bits per heavy atom. The van der Waals surface area contributed by atoms with Crippen molar-refractivity contribution in [1.82, 2.24) is 4.98 Å². The average molecular weight is 508 g/mol. The van der Waals surface area contributed by atoms with Crippen LogP contribution in [0.2, 0.25) is 0 Å². The molecule has 5 nitrogen and oxygen atoms in total. The second-order valence-corrected chi connectivity index (χ2v) is 9.60. The van der Waals surface area contributed by atoms with Crippen molar-refractivity contribution in [2.75, 3.05) is 13.2 Å². The van der Waals surface area contributed by atoms with Crippen LogP contribution in [0.1, 0.15) is 43.2 Å². The van der Waals surface area contributed by atoms with Gasteiger partial charge in [0.25, 0.3) is 0 Å². The van der Waals surface area contributed by atoms with Crippen molar-refractivity contribution < 1.29 is 18.7 Å². The third-order valence-electron chi connectivity index (χ3n) is 6.97. The van der Waals surface area contributed by atoms with Gasteiger partial charge in [-0.15, -0.1) is 0 Å². The summed E-state index contributed by atoms with van der Waals surface area (Å²) in [6.45, 7) is 4.15. The molecule has 1 aliphatic rings. The van der Waals surface area contributed by atoms with Gasteiger partial charge in [0.1, 0.15) is 11.4 Å². The van der Waals surface area contributed by atoms with Crippen molar-refractivity contribution in [1.29, 1.82) is 0 Å². The van der Waals surface area contributed by atoms with Crippen molar-refractivity contribution in [2.45, 2.75) is 39.5 Å². The lowest BCUT2D eigenvalue weighted by molar-refractivity contribution is -0.145. The number of hydrogen-bond donors (Lipinski definition) is 0. The molecule has 1 heterocycles. The zero-order chi connectivity index (χ0) is 26.3. The third-order valence-corrected chi connectivity index (χ3v) is 6.97. The van der Waals surface area contributed by atoms with Crippen LogP contribution in [0.5, 0.6) is 5.75 Å². The number of carbonyl (C=O) groups is 1. The first kappa shape index (κ1) is 25.5. The van der Waals surface area contributed by atoms with Crippen LogP contribution in [-0.4, -0.2) is 24.2 Å². The molecule has 1 atom stereocenters. The van der Waals surface area contributed by atoms with Gasteiger partial charge in [-0.25, -0.2) is 9.78 Å². The molecule has 1 aliphatic carbocycles. The summed E-state index contributed by atoms with van der Waals surface area (Å²) in [5, 5.41) is 0. The number of carbonyl (C=O) groups excluding carboxylic acids is 1. The Morgan fingerprint density at radius 2 is 1.74 bits per heavy atom. The SMILES string of the molecule is CCOC(=O)COc1ccc(C)c(CC2CCCC=C2c2nc(-c3ccccc3)c(-c3ccccc3)o2)c1. The van der Waals surface area contributed by atoms with E-state index in [1.165, 1.54) is 11.1 Å². The molecule has 0 spiro atoms. The van der Waals surface area contributed by atoms with Crippen molar-refractivity contribution in [2.24, 2.45) is 5.92 Å². The first-order chi connectivity index (χ1) is 18.6. The zero-order valence-electron chi connectivity index (χ0n) is 22.0. The summed E-state index contributed by atoms with van der Waals surface area (Å²) in [5.41, 5.74) is 6.47. The van der Waals surface area contributed by atoms with Crippen LogP contribution in [0.3, 0.4) is 0 Å². The summed E-state index contributed by atoms with van der Waals surface area (Å²) in [5.74, 6) is 2.07. The molecule has 0 N–H and O–H groups in total. The highest BCUT2D eigenvalue weighted by atomic mass is 16.6. The quantitative estimate of drug-likeness (QED) is 0.217. The fourth-order valence-electron chi connectivity index (χ4n) is 5.01. The molecular weight excluding hydrogens is 474 g/mol. The number of esters is 1. The first-order valence-corrected chi connectivity index (χ1v) is 13.3. The van der Waals surface area contributed by atoms with Crippen LogP contribution in [0, 0.1) is 12.8 Å². The van der Waals surface area contributed by atoms with Crippen LogP contribution in [-0.2, 0) is 16.0 Å². The first-order valence-electron chi connectivity index (χ1n) is 13.3. The Morgan fingerprint density at radius 3 is 2.47 bits per heavy atom. The molecule has 5 rings (SSSR count). The fraction of sp³-hybridized carbons (Fsp3) is 0.273. The van der Waals surface area contributed by atoms with Gasteiger partial charge < -0.3 is 13.9 Å². The monoisotopic (exact) mass is 507 g/mol. The minimum atomic E-state index is -0.362. The van der Waals surface area contributed by atoms with E-state index in [1.807, 2.05) is 54.6 Å². The van der Waals surface area contributed by atoms with Crippen LogP contribution in [0.4, 0.5) is 0 Å². The largest absolute Gasteiger partial charge is 0.482 e. The molecule has 5 heteroatoms. The number of ether oxygens (including phenoxy) is 2. The van der Waals surface area contributed by atoms with Gasteiger partial charge in [-0.3, -0.25) is 0 Å². The van der Waals surface area contributed by atoms with E-state index in [2.05, 4.69) is 37.3 Å². The molecular formula is C33H33NO4. The maximum Gasteiger partial charge on any atom is 0.344 e. The fourth-order valence-corrected chi connectivity index (χ4v) is 5.01. The molecule has 1 unspecified atom stereocenters. The number of nitrogens with zero attached hydrogens (tertiary/aromatic N) is 1. The number of aromatic nitrogens is 1.